The van der Waals surface area contributed by atoms with Crippen molar-refractivity contribution in [3.63, 3.8) is 0 Å². The van der Waals surface area contributed by atoms with E-state index in [1.165, 1.54) is 12.2 Å². The molecule has 0 atom stereocenters. The Morgan fingerprint density at radius 3 is 1.44 bits per heavy atom. The average Bonchev–Trinajstić information content (AvgIpc) is 2.31. The van der Waals surface area contributed by atoms with Gasteiger partial charge in [-0.15, -0.1) is 0 Å². The van der Waals surface area contributed by atoms with E-state index in [0.29, 0.717) is 12.8 Å². The molecule has 1 aromatic rings. The Morgan fingerprint density at radius 1 is 0.875 bits per heavy atom. The first-order valence-corrected chi connectivity index (χ1v) is 5.04. The van der Waals surface area contributed by atoms with Gasteiger partial charge in [0.05, 0.1) is 0 Å². The smallest absolute Gasteiger partial charge is 0.159 e. The van der Waals surface area contributed by atoms with Crippen molar-refractivity contribution in [3.05, 3.63) is 60.7 Å². The Kier molecular flexibility index (Phi) is 4.40. The predicted octanol–water partition coefficient (Wildman–Crippen LogP) is 2.28. The molecular weight excluding hydrogens is 200 g/mol. The fraction of sp³-hybridized carbons (Fsp3) is 0.143. The van der Waals surface area contributed by atoms with Crippen LogP contribution >= 0.6 is 0 Å². The van der Waals surface area contributed by atoms with Crippen molar-refractivity contribution in [2.75, 3.05) is 0 Å². The normalized spacial score (nSPS) is 9.50. The van der Waals surface area contributed by atoms with Crippen molar-refractivity contribution in [2.45, 2.75) is 12.8 Å². The van der Waals surface area contributed by atoms with E-state index < -0.39 is 0 Å². The van der Waals surface area contributed by atoms with Crippen LogP contribution in [-0.2, 0) is 22.4 Å². The third-order valence-corrected chi connectivity index (χ3v) is 2.24. The van der Waals surface area contributed by atoms with Gasteiger partial charge < -0.3 is 0 Å². The SMILES string of the molecule is C=CC(=O)Cc1ccc(CC(=O)C=C)cc1. The van der Waals surface area contributed by atoms with Crippen molar-refractivity contribution < 1.29 is 9.59 Å². The van der Waals surface area contributed by atoms with Crippen LogP contribution in [0.15, 0.2) is 49.6 Å². The highest BCUT2D eigenvalue weighted by atomic mass is 16.1. The highest BCUT2D eigenvalue weighted by Crippen LogP contribution is 2.07. The molecule has 1 rings (SSSR count). The molecule has 0 aliphatic rings. The minimum atomic E-state index is -0.00471. The quantitative estimate of drug-likeness (QED) is 0.681. The minimum Gasteiger partial charge on any atom is -0.295 e. The molecule has 1 aromatic carbocycles. The molecule has 0 heterocycles. The number of carbonyl (C=O) groups excluding carboxylic acids is 2. The topological polar surface area (TPSA) is 34.1 Å². The number of hydrogen-bond acceptors (Lipinski definition) is 2. The van der Waals surface area contributed by atoms with Crippen LogP contribution in [0.3, 0.4) is 0 Å². The second-order valence-corrected chi connectivity index (χ2v) is 3.51. The van der Waals surface area contributed by atoms with Gasteiger partial charge in [0, 0.05) is 12.8 Å². The zero-order chi connectivity index (χ0) is 12.0. The molecule has 16 heavy (non-hydrogen) atoms. The van der Waals surface area contributed by atoms with Gasteiger partial charge in [-0.3, -0.25) is 9.59 Å². The summed E-state index contributed by atoms with van der Waals surface area (Å²) in [5.41, 5.74) is 1.86. The van der Waals surface area contributed by atoms with Crippen LogP contribution in [0.1, 0.15) is 11.1 Å². The molecule has 0 saturated heterocycles. The maximum absolute atomic E-state index is 11.1. The number of benzene rings is 1. The highest BCUT2D eigenvalue weighted by molar-refractivity contribution is 5.91. The molecule has 82 valence electrons. The van der Waals surface area contributed by atoms with Crippen molar-refractivity contribution >= 4 is 11.6 Å². The van der Waals surface area contributed by atoms with Crippen molar-refractivity contribution in [3.8, 4) is 0 Å². The van der Waals surface area contributed by atoms with Gasteiger partial charge in [-0.05, 0) is 23.3 Å². The van der Waals surface area contributed by atoms with Crippen LogP contribution in [0.5, 0.6) is 0 Å². The van der Waals surface area contributed by atoms with E-state index in [1.807, 2.05) is 24.3 Å². The van der Waals surface area contributed by atoms with Crippen molar-refractivity contribution in [1.29, 1.82) is 0 Å². The van der Waals surface area contributed by atoms with Crippen LogP contribution in [0.2, 0.25) is 0 Å². The van der Waals surface area contributed by atoms with Gasteiger partial charge in [-0.2, -0.15) is 0 Å². The summed E-state index contributed by atoms with van der Waals surface area (Å²) in [6, 6.07) is 7.42. The summed E-state index contributed by atoms with van der Waals surface area (Å²) in [5.74, 6) is -0.00941. The van der Waals surface area contributed by atoms with Crippen molar-refractivity contribution in [1.82, 2.24) is 0 Å². The zero-order valence-corrected chi connectivity index (χ0v) is 9.11. The molecule has 0 aliphatic heterocycles. The maximum atomic E-state index is 11.1. The van der Waals surface area contributed by atoms with Crippen LogP contribution in [0.25, 0.3) is 0 Å². The first-order valence-electron chi connectivity index (χ1n) is 5.04. The fourth-order valence-corrected chi connectivity index (χ4v) is 1.32. The zero-order valence-electron chi connectivity index (χ0n) is 9.11. The van der Waals surface area contributed by atoms with E-state index in [4.69, 9.17) is 0 Å². The lowest BCUT2D eigenvalue weighted by Gasteiger charge is -2.01. The van der Waals surface area contributed by atoms with E-state index in [9.17, 15) is 9.59 Å². The highest BCUT2D eigenvalue weighted by Gasteiger charge is 2.01. The average molecular weight is 214 g/mol. The summed E-state index contributed by atoms with van der Waals surface area (Å²) in [4.78, 5) is 22.2. The molecule has 0 spiro atoms. The molecule has 0 fully saturated rings. The Labute approximate surface area is 95.3 Å². The molecule has 0 N–H and O–H groups in total. The molecule has 0 aliphatic carbocycles. The van der Waals surface area contributed by atoms with Crippen LogP contribution in [0.4, 0.5) is 0 Å². The second kappa shape index (κ2) is 5.81. The van der Waals surface area contributed by atoms with Gasteiger partial charge in [-0.25, -0.2) is 0 Å². The number of rotatable bonds is 6. The summed E-state index contributed by atoms with van der Waals surface area (Å²) in [5, 5.41) is 0. The minimum absolute atomic E-state index is 0.00471. The number of carbonyl (C=O) groups is 2. The number of allylic oxidation sites excluding steroid dienone is 2. The lowest BCUT2D eigenvalue weighted by atomic mass is 10.0. The summed E-state index contributed by atoms with van der Waals surface area (Å²) >= 11 is 0. The van der Waals surface area contributed by atoms with Gasteiger partial charge in [0.15, 0.2) is 11.6 Å². The summed E-state index contributed by atoms with van der Waals surface area (Å²) in [6.45, 7) is 6.84. The molecular formula is C14H14O2. The summed E-state index contributed by atoms with van der Waals surface area (Å²) in [7, 11) is 0. The van der Waals surface area contributed by atoms with E-state index in [2.05, 4.69) is 13.2 Å². The summed E-state index contributed by atoms with van der Waals surface area (Å²) in [6.07, 6.45) is 3.35. The van der Waals surface area contributed by atoms with Crippen LogP contribution in [0, 0.1) is 0 Å². The van der Waals surface area contributed by atoms with Crippen LogP contribution in [-0.4, -0.2) is 11.6 Å². The Hall–Kier alpha value is -1.96. The van der Waals surface area contributed by atoms with Gasteiger partial charge in [0.1, 0.15) is 0 Å². The number of hydrogen-bond donors (Lipinski definition) is 0. The lowest BCUT2D eigenvalue weighted by molar-refractivity contribution is -0.114. The standard InChI is InChI=1S/C14H14O2/c1-3-13(15)9-11-5-7-12(8-6-11)10-14(16)4-2/h3-8H,1-2,9-10H2. The van der Waals surface area contributed by atoms with Gasteiger partial charge in [0.2, 0.25) is 0 Å². The fourth-order valence-electron chi connectivity index (χ4n) is 1.32. The van der Waals surface area contributed by atoms with E-state index in [1.54, 1.807) is 0 Å². The third kappa shape index (κ3) is 3.65. The maximum Gasteiger partial charge on any atom is 0.159 e. The monoisotopic (exact) mass is 214 g/mol. The number of ketones is 2. The third-order valence-electron chi connectivity index (χ3n) is 2.24. The van der Waals surface area contributed by atoms with E-state index >= 15 is 0 Å². The molecule has 0 saturated carbocycles. The van der Waals surface area contributed by atoms with E-state index in [0.717, 1.165) is 11.1 Å². The lowest BCUT2D eigenvalue weighted by Crippen LogP contribution is -2.00. The molecule has 2 nitrogen and oxygen atoms in total. The Balaban J connectivity index is 2.67. The molecule has 2 heteroatoms. The summed E-state index contributed by atoms with van der Waals surface area (Å²) < 4.78 is 0. The molecule has 0 unspecified atom stereocenters. The van der Waals surface area contributed by atoms with Gasteiger partial charge in [-0.1, -0.05) is 37.4 Å². The molecule has 0 bridgehead atoms. The van der Waals surface area contributed by atoms with Crippen LogP contribution < -0.4 is 0 Å². The predicted molar refractivity (Wildman–Crippen MR) is 64.3 cm³/mol. The van der Waals surface area contributed by atoms with E-state index in [-0.39, 0.29) is 11.6 Å². The Bertz CT molecular complexity index is 372. The first kappa shape index (κ1) is 12.1. The van der Waals surface area contributed by atoms with Crippen molar-refractivity contribution in [2.24, 2.45) is 0 Å². The second-order valence-electron chi connectivity index (χ2n) is 3.51. The first-order chi connectivity index (χ1) is 7.65. The molecule has 0 radical (unpaired) electrons. The van der Waals surface area contributed by atoms with Gasteiger partial charge >= 0.3 is 0 Å². The largest absolute Gasteiger partial charge is 0.295 e. The Morgan fingerprint density at radius 2 is 1.19 bits per heavy atom. The molecule has 0 amide bonds. The van der Waals surface area contributed by atoms with Gasteiger partial charge in [0.25, 0.3) is 0 Å². The molecule has 0 aromatic heterocycles.